The number of aliphatic hydroxyl groups is 1. The van der Waals surface area contributed by atoms with E-state index in [1.807, 2.05) is 19.9 Å². The molecular weight excluding hydrogens is 285 g/mol. The van der Waals surface area contributed by atoms with E-state index >= 15 is 0 Å². The van der Waals surface area contributed by atoms with Crippen molar-refractivity contribution in [2.75, 3.05) is 6.61 Å². The Morgan fingerprint density at radius 2 is 2.11 bits per heavy atom. The maximum Gasteiger partial charge on any atom is 0.220 e. The van der Waals surface area contributed by atoms with Gasteiger partial charge in [-0.15, -0.1) is 0 Å². The van der Waals surface area contributed by atoms with Gasteiger partial charge in [0.1, 0.15) is 0 Å². The molecular formula is C14H19Cl2NO2. The maximum absolute atomic E-state index is 11.8. The zero-order chi connectivity index (χ0) is 14.5. The maximum atomic E-state index is 11.8. The van der Waals surface area contributed by atoms with Crippen molar-refractivity contribution in [3.05, 3.63) is 33.8 Å². The minimum absolute atomic E-state index is 0.0725. The zero-order valence-corrected chi connectivity index (χ0v) is 12.7. The predicted molar refractivity (Wildman–Crippen MR) is 78.7 cm³/mol. The molecule has 0 heterocycles. The molecule has 1 amide bonds. The number of hydrogen-bond acceptors (Lipinski definition) is 2. The average Bonchev–Trinajstić information content (AvgIpc) is 2.37. The average molecular weight is 304 g/mol. The SMILES string of the molecule is CCC(C)(CO)NC(=O)CCc1ccc(Cl)cc1Cl. The van der Waals surface area contributed by atoms with Crippen LogP contribution in [0.5, 0.6) is 0 Å². The molecule has 0 spiro atoms. The summed E-state index contributed by atoms with van der Waals surface area (Å²) in [5.74, 6) is -0.0931. The highest BCUT2D eigenvalue weighted by Crippen LogP contribution is 2.22. The minimum Gasteiger partial charge on any atom is -0.394 e. The highest BCUT2D eigenvalue weighted by Gasteiger charge is 2.22. The van der Waals surface area contributed by atoms with Crippen molar-refractivity contribution >= 4 is 29.1 Å². The molecule has 0 aliphatic heterocycles. The lowest BCUT2D eigenvalue weighted by molar-refractivity contribution is -0.123. The monoisotopic (exact) mass is 303 g/mol. The molecule has 1 aromatic carbocycles. The summed E-state index contributed by atoms with van der Waals surface area (Å²) in [6.45, 7) is 3.67. The molecule has 1 unspecified atom stereocenters. The molecule has 1 aromatic rings. The number of carbonyl (C=O) groups excluding carboxylic acids is 1. The highest BCUT2D eigenvalue weighted by molar-refractivity contribution is 6.35. The molecule has 0 aliphatic carbocycles. The Hall–Kier alpha value is -0.770. The Balaban J connectivity index is 2.55. The van der Waals surface area contributed by atoms with Gasteiger partial charge in [-0.05, 0) is 37.5 Å². The number of amides is 1. The molecule has 0 aromatic heterocycles. The number of aliphatic hydroxyl groups excluding tert-OH is 1. The van der Waals surface area contributed by atoms with E-state index in [9.17, 15) is 9.90 Å². The Bertz CT molecular complexity index is 445. The molecule has 0 radical (unpaired) electrons. The van der Waals surface area contributed by atoms with Gasteiger partial charge < -0.3 is 10.4 Å². The van der Waals surface area contributed by atoms with Gasteiger partial charge in [-0.3, -0.25) is 4.79 Å². The number of rotatable bonds is 6. The topological polar surface area (TPSA) is 49.3 Å². The van der Waals surface area contributed by atoms with E-state index < -0.39 is 5.54 Å². The first-order chi connectivity index (χ1) is 8.90. The van der Waals surface area contributed by atoms with Crippen LogP contribution >= 0.6 is 23.2 Å². The second-order valence-corrected chi connectivity index (χ2v) is 5.70. The third kappa shape index (κ3) is 5.01. The lowest BCUT2D eigenvalue weighted by Crippen LogP contribution is -2.48. The molecule has 1 atom stereocenters. The second-order valence-electron chi connectivity index (χ2n) is 4.86. The quantitative estimate of drug-likeness (QED) is 0.848. The lowest BCUT2D eigenvalue weighted by atomic mass is 9.99. The summed E-state index contributed by atoms with van der Waals surface area (Å²) in [6.07, 6.45) is 1.56. The molecule has 106 valence electrons. The van der Waals surface area contributed by atoms with Crippen LogP contribution in [0.2, 0.25) is 10.0 Å². The van der Waals surface area contributed by atoms with Gasteiger partial charge in [-0.2, -0.15) is 0 Å². The fraction of sp³-hybridized carbons (Fsp3) is 0.500. The van der Waals surface area contributed by atoms with Gasteiger partial charge in [0.2, 0.25) is 5.91 Å². The van der Waals surface area contributed by atoms with E-state index in [-0.39, 0.29) is 12.5 Å². The van der Waals surface area contributed by atoms with Gasteiger partial charge in [0.05, 0.1) is 12.1 Å². The van der Waals surface area contributed by atoms with Crippen LogP contribution in [0.15, 0.2) is 18.2 Å². The largest absolute Gasteiger partial charge is 0.394 e. The summed E-state index contributed by atoms with van der Waals surface area (Å²) >= 11 is 11.9. The number of nitrogens with one attached hydrogen (secondary N) is 1. The van der Waals surface area contributed by atoms with Crippen LogP contribution in [0, 0.1) is 0 Å². The van der Waals surface area contributed by atoms with Gasteiger partial charge in [0.25, 0.3) is 0 Å². The van der Waals surface area contributed by atoms with Crippen molar-refractivity contribution in [2.45, 2.75) is 38.6 Å². The standard InChI is InChI=1S/C14H19Cl2NO2/c1-3-14(2,9-18)17-13(19)7-5-10-4-6-11(15)8-12(10)16/h4,6,8,18H,3,5,7,9H2,1-2H3,(H,17,19). The third-order valence-electron chi connectivity index (χ3n) is 3.21. The van der Waals surface area contributed by atoms with Gasteiger partial charge in [0, 0.05) is 16.5 Å². The van der Waals surface area contributed by atoms with Crippen LogP contribution in [0.25, 0.3) is 0 Å². The summed E-state index contributed by atoms with van der Waals surface area (Å²) in [5, 5.41) is 13.2. The van der Waals surface area contributed by atoms with Gasteiger partial charge >= 0.3 is 0 Å². The molecule has 0 bridgehead atoms. The summed E-state index contributed by atoms with van der Waals surface area (Å²) < 4.78 is 0. The van der Waals surface area contributed by atoms with Crippen molar-refractivity contribution in [2.24, 2.45) is 0 Å². The molecule has 5 heteroatoms. The Morgan fingerprint density at radius 1 is 1.42 bits per heavy atom. The highest BCUT2D eigenvalue weighted by atomic mass is 35.5. The van der Waals surface area contributed by atoms with Crippen molar-refractivity contribution < 1.29 is 9.90 Å². The van der Waals surface area contributed by atoms with Crippen LogP contribution in [-0.4, -0.2) is 23.2 Å². The normalized spacial score (nSPS) is 13.9. The Morgan fingerprint density at radius 3 is 2.63 bits per heavy atom. The van der Waals surface area contributed by atoms with E-state index in [1.54, 1.807) is 12.1 Å². The first-order valence-electron chi connectivity index (χ1n) is 6.26. The first-order valence-corrected chi connectivity index (χ1v) is 7.01. The van der Waals surface area contributed by atoms with E-state index in [2.05, 4.69) is 5.32 Å². The number of halogens is 2. The molecule has 0 aliphatic rings. The first kappa shape index (κ1) is 16.3. The van der Waals surface area contributed by atoms with Gasteiger partial charge in [-0.25, -0.2) is 0 Å². The predicted octanol–water partition coefficient (Wildman–Crippen LogP) is 3.20. The molecule has 2 N–H and O–H groups in total. The van der Waals surface area contributed by atoms with Crippen LogP contribution in [0.4, 0.5) is 0 Å². The minimum atomic E-state index is -0.555. The van der Waals surface area contributed by atoms with Gasteiger partial charge in [0.15, 0.2) is 0 Å². The molecule has 19 heavy (non-hydrogen) atoms. The summed E-state index contributed by atoms with van der Waals surface area (Å²) in [5.41, 5.74) is 0.337. The van der Waals surface area contributed by atoms with Gasteiger partial charge in [-0.1, -0.05) is 36.2 Å². The fourth-order valence-electron chi connectivity index (χ4n) is 1.61. The summed E-state index contributed by atoms with van der Waals surface area (Å²) in [7, 11) is 0. The van der Waals surface area contributed by atoms with Crippen molar-refractivity contribution in [3.63, 3.8) is 0 Å². The van der Waals surface area contributed by atoms with E-state index in [4.69, 9.17) is 23.2 Å². The Kier molecular flexibility index (Phi) is 6.11. The fourth-order valence-corrected chi connectivity index (χ4v) is 2.11. The number of hydrogen-bond donors (Lipinski definition) is 2. The van der Waals surface area contributed by atoms with E-state index in [1.165, 1.54) is 0 Å². The summed E-state index contributed by atoms with van der Waals surface area (Å²) in [4.78, 5) is 11.8. The molecule has 0 fully saturated rings. The number of aryl methyl sites for hydroxylation is 1. The van der Waals surface area contributed by atoms with Crippen LogP contribution < -0.4 is 5.32 Å². The lowest BCUT2D eigenvalue weighted by Gasteiger charge is -2.27. The van der Waals surface area contributed by atoms with Crippen LogP contribution in [-0.2, 0) is 11.2 Å². The smallest absolute Gasteiger partial charge is 0.220 e. The zero-order valence-electron chi connectivity index (χ0n) is 11.2. The van der Waals surface area contributed by atoms with Crippen LogP contribution in [0.3, 0.4) is 0 Å². The molecule has 1 rings (SSSR count). The number of carbonyl (C=O) groups is 1. The van der Waals surface area contributed by atoms with E-state index in [0.29, 0.717) is 29.3 Å². The van der Waals surface area contributed by atoms with Crippen LogP contribution in [0.1, 0.15) is 32.3 Å². The number of benzene rings is 1. The second kappa shape index (κ2) is 7.13. The van der Waals surface area contributed by atoms with Crippen molar-refractivity contribution in [1.82, 2.24) is 5.32 Å². The summed E-state index contributed by atoms with van der Waals surface area (Å²) in [6, 6.07) is 5.24. The van der Waals surface area contributed by atoms with E-state index in [0.717, 1.165) is 5.56 Å². The molecule has 3 nitrogen and oxygen atoms in total. The van der Waals surface area contributed by atoms with Crippen molar-refractivity contribution in [1.29, 1.82) is 0 Å². The van der Waals surface area contributed by atoms with Crippen molar-refractivity contribution in [3.8, 4) is 0 Å². The third-order valence-corrected chi connectivity index (χ3v) is 3.79. The Labute approximate surface area is 123 Å². The molecule has 0 saturated heterocycles. The molecule has 0 saturated carbocycles.